The molecule has 1 fully saturated rings. The van der Waals surface area contributed by atoms with Gasteiger partial charge < -0.3 is 10.1 Å². The summed E-state index contributed by atoms with van der Waals surface area (Å²) in [6.07, 6.45) is 0.0696. The standard InChI is InChI=1S/C15H24N2O3S/c1-11(2)20-15-6-5-14(9-12(15)3)21(18,19)17-8-7-16-13(4)10-17/h5-6,9,11,13,16H,7-8,10H2,1-4H3/t13-/m0/s1. The topological polar surface area (TPSA) is 58.6 Å². The third-order valence-electron chi connectivity index (χ3n) is 3.48. The molecule has 1 N–H and O–H groups in total. The molecule has 21 heavy (non-hydrogen) atoms. The quantitative estimate of drug-likeness (QED) is 0.920. The Kier molecular flexibility index (Phi) is 4.91. The summed E-state index contributed by atoms with van der Waals surface area (Å²) in [4.78, 5) is 0.338. The lowest BCUT2D eigenvalue weighted by atomic mass is 10.2. The van der Waals surface area contributed by atoms with Gasteiger partial charge in [0.2, 0.25) is 10.0 Å². The predicted octanol–water partition coefficient (Wildman–Crippen LogP) is 1.76. The highest BCUT2D eigenvalue weighted by molar-refractivity contribution is 7.89. The average molecular weight is 312 g/mol. The zero-order valence-electron chi connectivity index (χ0n) is 13.1. The Morgan fingerprint density at radius 3 is 2.67 bits per heavy atom. The van der Waals surface area contributed by atoms with Gasteiger partial charge in [-0.15, -0.1) is 0 Å². The van der Waals surface area contributed by atoms with Gasteiger partial charge in [-0.05, 0) is 51.5 Å². The fourth-order valence-corrected chi connectivity index (χ4v) is 4.05. The van der Waals surface area contributed by atoms with Crippen LogP contribution < -0.4 is 10.1 Å². The van der Waals surface area contributed by atoms with E-state index in [4.69, 9.17) is 4.74 Å². The van der Waals surface area contributed by atoms with Gasteiger partial charge in [0.25, 0.3) is 0 Å². The minimum absolute atomic E-state index is 0.0696. The Hall–Kier alpha value is -1.11. The molecule has 1 aromatic rings. The number of nitrogens with zero attached hydrogens (tertiary/aromatic N) is 1. The highest BCUT2D eigenvalue weighted by Crippen LogP contribution is 2.25. The summed E-state index contributed by atoms with van der Waals surface area (Å²) in [6, 6.07) is 5.25. The number of sulfonamides is 1. The maximum atomic E-state index is 12.7. The fraction of sp³-hybridized carbons (Fsp3) is 0.600. The third-order valence-corrected chi connectivity index (χ3v) is 5.34. The average Bonchev–Trinajstić information content (AvgIpc) is 2.40. The van der Waals surface area contributed by atoms with Crippen molar-refractivity contribution >= 4 is 10.0 Å². The van der Waals surface area contributed by atoms with Crippen LogP contribution in [0.1, 0.15) is 26.3 Å². The van der Waals surface area contributed by atoms with Crippen molar-refractivity contribution in [3.05, 3.63) is 23.8 Å². The molecule has 1 aliphatic rings. The van der Waals surface area contributed by atoms with Gasteiger partial charge in [0, 0.05) is 25.7 Å². The van der Waals surface area contributed by atoms with E-state index in [1.54, 1.807) is 22.5 Å². The molecule has 0 amide bonds. The molecular weight excluding hydrogens is 288 g/mol. The molecule has 1 atom stereocenters. The Labute approximate surface area is 127 Å². The normalized spacial score (nSPS) is 20.7. The molecule has 0 radical (unpaired) electrons. The van der Waals surface area contributed by atoms with Crippen LogP contribution >= 0.6 is 0 Å². The lowest BCUT2D eigenvalue weighted by molar-refractivity contribution is 0.240. The van der Waals surface area contributed by atoms with Crippen molar-refractivity contribution in [2.75, 3.05) is 19.6 Å². The van der Waals surface area contributed by atoms with Crippen molar-refractivity contribution < 1.29 is 13.2 Å². The Balaban J connectivity index is 2.26. The van der Waals surface area contributed by atoms with E-state index in [2.05, 4.69) is 5.32 Å². The first-order valence-electron chi connectivity index (χ1n) is 7.31. The fourth-order valence-electron chi connectivity index (χ4n) is 2.43. The first kappa shape index (κ1) is 16.3. The lowest BCUT2D eigenvalue weighted by Gasteiger charge is -2.31. The maximum absolute atomic E-state index is 12.7. The molecule has 1 aromatic carbocycles. The van der Waals surface area contributed by atoms with E-state index in [1.165, 1.54) is 0 Å². The van der Waals surface area contributed by atoms with Crippen LogP contribution in [-0.2, 0) is 10.0 Å². The van der Waals surface area contributed by atoms with Crippen molar-refractivity contribution in [2.45, 2.75) is 44.7 Å². The SMILES string of the molecule is Cc1cc(S(=O)(=O)N2CCN[C@@H](C)C2)ccc1OC(C)C. The zero-order chi connectivity index (χ0) is 15.6. The van der Waals surface area contributed by atoms with Gasteiger partial charge in [-0.1, -0.05) is 0 Å². The number of nitrogens with one attached hydrogen (secondary N) is 1. The third kappa shape index (κ3) is 3.75. The zero-order valence-corrected chi connectivity index (χ0v) is 13.9. The molecule has 1 saturated heterocycles. The summed E-state index contributed by atoms with van der Waals surface area (Å²) in [5.41, 5.74) is 0.841. The van der Waals surface area contributed by atoms with Gasteiger partial charge in [-0.25, -0.2) is 8.42 Å². The highest BCUT2D eigenvalue weighted by atomic mass is 32.2. The van der Waals surface area contributed by atoms with Crippen molar-refractivity contribution in [1.29, 1.82) is 0 Å². The second kappa shape index (κ2) is 6.34. The number of piperazine rings is 1. The first-order valence-corrected chi connectivity index (χ1v) is 8.75. The molecule has 118 valence electrons. The van der Waals surface area contributed by atoms with E-state index in [-0.39, 0.29) is 12.1 Å². The molecule has 1 aliphatic heterocycles. The van der Waals surface area contributed by atoms with Crippen molar-refractivity contribution in [2.24, 2.45) is 0 Å². The monoisotopic (exact) mass is 312 g/mol. The van der Waals surface area contributed by atoms with E-state index in [0.717, 1.165) is 11.3 Å². The maximum Gasteiger partial charge on any atom is 0.243 e. The van der Waals surface area contributed by atoms with Crippen LogP contribution in [0.25, 0.3) is 0 Å². The molecule has 0 unspecified atom stereocenters. The van der Waals surface area contributed by atoms with Gasteiger partial charge in [0.15, 0.2) is 0 Å². The molecule has 2 rings (SSSR count). The summed E-state index contributed by atoms with van der Waals surface area (Å²) in [6.45, 7) is 9.47. The second-order valence-corrected chi connectivity index (χ2v) is 7.75. The summed E-state index contributed by atoms with van der Waals surface area (Å²) < 4.78 is 32.6. The van der Waals surface area contributed by atoms with Gasteiger partial charge in [-0.3, -0.25) is 0 Å². The van der Waals surface area contributed by atoms with E-state index in [1.807, 2.05) is 27.7 Å². The second-order valence-electron chi connectivity index (χ2n) is 5.81. The number of rotatable bonds is 4. The molecule has 1 heterocycles. The van der Waals surface area contributed by atoms with Crippen molar-refractivity contribution in [1.82, 2.24) is 9.62 Å². The Morgan fingerprint density at radius 1 is 1.38 bits per heavy atom. The first-order chi connectivity index (χ1) is 9.80. The Bertz CT molecular complexity index is 599. The molecule has 0 aromatic heterocycles. The minimum Gasteiger partial charge on any atom is -0.491 e. The number of hydrogen-bond acceptors (Lipinski definition) is 4. The molecule has 0 spiro atoms. The van der Waals surface area contributed by atoms with Gasteiger partial charge >= 0.3 is 0 Å². The summed E-state index contributed by atoms with van der Waals surface area (Å²) >= 11 is 0. The number of hydrogen-bond donors (Lipinski definition) is 1. The van der Waals surface area contributed by atoms with Gasteiger partial charge in [-0.2, -0.15) is 4.31 Å². The largest absolute Gasteiger partial charge is 0.491 e. The summed E-state index contributed by atoms with van der Waals surface area (Å²) in [5, 5.41) is 3.25. The lowest BCUT2D eigenvalue weighted by Crippen LogP contribution is -2.51. The van der Waals surface area contributed by atoms with Crippen LogP contribution in [0.4, 0.5) is 0 Å². The van der Waals surface area contributed by atoms with E-state index < -0.39 is 10.0 Å². The van der Waals surface area contributed by atoms with Crippen LogP contribution in [0.15, 0.2) is 23.1 Å². The van der Waals surface area contributed by atoms with Crippen LogP contribution in [-0.4, -0.2) is 44.5 Å². The van der Waals surface area contributed by atoms with Crippen LogP contribution in [0.2, 0.25) is 0 Å². The molecule has 5 nitrogen and oxygen atoms in total. The van der Waals surface area contributed by atoms with E-state index in [9.17, 15) is 8.42 Å². The van der Waals surface area contributed by atoms with Crippen molar-refractivity contribution in [3.8, 4) is 5.75 Å². The smallest absolute Gasteiger partial charge is 0.243 e. The molecule has 6 heteroatoms. The van der Waals surface area contributed by atoms with E-state index >= 15 is 0 Å². The predicted molar refractivity (Wildman–Crippen MR) is 83.2 cm³/mol. The van der Waals surface area contributed by atoms with Crippen LogP contribution in [0.5, 0.6) is 5.75 Å². The van der Waals surface area contributed by atoms with Crippen molar-refractivity contribution in [3.63, 3.8) is 0 Å². The van der Waals surface area contributed by atoms with Crippen LogP contribution in [0, 0.1) is 6.92 Å². The molecule has 0 aliphatic carbocycles. The van der Waals surface area contributed by atoms with E-state index in [0.29, 0.717) is 24.5 Å². The Morgan fingerprint density at radius 2 is 2.10 bits per heavy atom. The summed E-state index contributed by atoms with van der Waals surface area (Å²) in [7, 11) is -3.42. The number of ether oxygens (including phenoxy) is 1. The van der Waals surface area contributed by atoms with Gasteiger partial charge in [0.05, 0.1) is 11.0 Å². The van der Waals surface area contributed by atoms with Gasteiger partial charge in [0.1, 0.15) is 5.75 Å². The molecule has 0 bridgehead atoms. The summed E-state index contributed by atoms with van der Waals surface area (Å²) in [5.74, 6) is 0.734. The number of benzene rings is 1. The van der Waals surface area contributed by atoms with Crippen LogP contribution in [0.3, 0.4) is 0 Å². The molecule has 0 saturated carbocycles. The highest BCUT2D eigenvalue weighted by Gasteiger charge is 2.28. The molecular formula is C15H24N2O3S. The minimum atomic E-state index is -3.42. The number of aryl methyl sites for hydroxylation is 1.